The van der Waals surface area contributed by atoms with Gasteiger partial charge in [0.05, 0.1) is 0 Å². The molecule has 0 radical (unpaired) electrons. The molecule has 1 amide bonds. The molecular formula is C16H20FNO. The van der Waals surface area contributed by atoms with Crippen molar-refractivity contribution in [1.29, 1.82) is 0 Å². The molecule has 1 aliphatic rings. The fourth-order valence-electron chi connectivity index (χ4n) is 2.67. The summed E-state index contributed by atoms with van der Waals surface area (Å²) in [6.45, 7) is 2.15. The van der Waals surface area contributed by atoms with Crippen molar-refractivity contribution in [2.75, 3.05) is 14.1 Å². The van der Waals surface area contributed by atoms with Crippen LogP contribution >= 0.6 is 0 Å². The molecule has 0 saturated carbocycles. The van der Waals surface area contributed by atoms with Crippen LogP contribution in [0.5, 0.6) is 0 Å². The standard InChI is InChI=1S/C16H20FNO/c1-4-5-11-8-12(9-16(19)18(2)3)15-10-13(17)6-7-14(11)15/h6-7,9-11H,4-5,8H2,1-3H3/b12-9-. The van der Waals surface area contributed by atoms with Gasteiger partial charge in [-0.05, 0) is 47.6 Å². The molecule has 1 aromatic rings. The van der Waals surface area contributed by atoms with Gasteiger partial charge in [-0.25, -0.2) is 4.39 Å². The van der Waals surface area contributed by atoms with E-state index in [4.69, 9.17) is 0 Å². The molecule has 1 atom stereocenters. The van der Waals surface area contributed by atoms with Crippen molar-refractivity contribution in [3.05, 3.63) is 41.2 Å². The predicted molar refractivity (Wildman–Crippen MR) is 75.3 cm³/mol. The number of hydrogen-bond acceptors (Lipinski definition) is 1. The summed E-state index contributed by atoms with van der Waals surface area (Å²) >= 11 is 0. The average Bonchev–Trinajstić information content (AvgIpc) is 2.67. The lowest BCUT2D eigenvalue weighted by atomic mass is 9.97. The Kier molecular flexibility index (Phi) is 4.03. The summed E-state index contributed by atoms with van der Waals surface area (Å²) in [5, 5.41) is 0. The van der Waals surface area contributed by atoms with E-state index in [1.807, 2.05) is 6.07 Å². The second-order valence-electron chi connectivity index (χ2n) is 5.32. The lowest BCUT2D eigenvalue weighted by Gasteiger charge is -2.08. The summed E-state index contributed by atoms with van der Waals surface area (Å²) in [4.78, 5) is 13.4. The summed E-state index contributed by atoms with van der Waals surface area (Å²) in [6, 6.07) is 4.93. The zero-order chi connectivity index (χ0) is 14.0. The minimum atomic E-state index is -0.237. The number of fused-ring (bicyclic) bond motifs is 1. The third-order valence-corrected chi connectivity index (χ3v) is 3.64. The molecule has 1 aliphatic carbocycles. The number of hydrogen-bond donors (Lipinski definition) is 0. The largest absolute Gasteiger partial charge is 0.345 e. The molecule has 19 heavy (non-hydrogen) atoms. The second kappa shape index (κ2) is 5.55. The van der Waals surface area contributed by atoms with Crippen LogP contribution in [0.4, 0.5) is 4.39 Å². The van der Waals surface area contributed by atoms with Crippen LogP contribution in [0.15, 0.2) is 24.3 Å². The molecule has 0 N–H and O–H groups in total. The molecule has 1 unspecified atom stereocenters. The highest BCUT2D eigenvalue weighted by Crippen LogP contribution is 2.43. The summed E-state index contributed by atoms with van der Waals surface area (Å²) in [7, 11) is 3.45. The number of benzene rings is 1. The maximum Gasteiger partial charge on any atom is 0.246 e. The Labute approximate surface area is 113 Å². The number of carbonyl (C=O) groups excluding carboxylic acids is 1. The lowest BCUT2D eigenvalue weighted by Crippen LogP contribution is -2.19. The summed E-state index contributed by atoms with van der Waals surface area (Å²) in [5.41, 5.74) is 3.06. The Bertz CT molecular complexity index is 519. The molecule has 1 aromatic carbocycles. The molecule has 0 fully saturated rings. The highest BCUT2D eigenvalue weighted by atomic mass is 19.1. The van der Waals surface area contributed by atoms with Gasteiger partial charge in [-0.3, -0.25) is 4.79 Å². The Morgan fingerprint density at radius 2 is 2.21 bits per heavy atom. The summed E-state index contributed by atoms with van der Waals surface area (Å²) in [5.74, 6) is 0.142. The lowest BCUT2D eigenvalue weighted by molar-refractivity contribution is -0.123. The maximum atomic E-state index is 13.4. The fourth-order valence-corrected chi connectivity index (χ4v) is 2.67. The molecule has 0 aliphatic heterocycles. The van der Waals surface area contributed by atoms with Crippen molar-refractivity contribution in [2.24, 2.45) is 0 Å². The first-order valence-corrected chi connectivity index (χ1v) is 6.74. The quantitative estimate of drug-likeness (QED) is 0.761. The van der Waals surface area contributed by atoms with E-state index >= 15 is 0 Å². The topological polar surface area (TPSA) is 20.3 Å². The van der Waals surface area contributed by atoms with Crippen molar-refractivity contribution in [1.82, 2.24) is 4.90 Å². The van der Waals surface area contributed by atoms with Crippen molar-refractivity contribution in [2.45, 2.75) is 32.1 Å². The van der Waals surface area contributed by atoms with Crippen LogP contribution < -0.4 is 0 Å². The Hall–Kier alpha value is -1.64. The van der Waals surface area contributed by atoms with Gasteiger partial charge in [0.15, 0.2) is 0 Å². The van der Waals surface area contributed by atoms with Crippen molar-refractivity contribution in [3.8, 4) is 0 Å². The number of likely N-dealkylation sites (N-methyl/N-ethyl adjacent to an activating group) is 1. The first-order chi connectivity index (χ1) is 9.02. The van der Waals surface area contributed by atoms with Gasteiger partial charge in [0, 0.05) is 20.2 Å². The minimum absolute atomic E-state index is 0.0395. The average molecular weight is 261 g/mol. The molecule has 0 heterocycles. The molecule has 2 nitrogen and oxygen atoms in total. The van der Waals surface area contributed by atoms with Gasteiger partial charge < -0.3 is 4.90 Å². The highest BCUT2D eigenvalue weighted by molar-refractivity contribution is 5.96. The van der Waals surface area contributed by atoms with Crippen LogP contribution in [0, 0.1) is 5.82 Å². The van der Waals surface area contributed by atoms with Crippen molar-refractivity contribution in [3.63, 3.8) is 0 Å². The number of nitrogens with zero attached hydrogens (tertiary/aromatic N) is 1. The monoisotopic (exact) mass is 261 g/mol. The molecular weight excluding hydrogens is 241 g/mol. The Morgan fingerprint density at radius 3 is 2.84 bits per heavy atom. The van der Waals surface area contributed by atoms with Gasteiger partial charge >= 0.3 is 0 Å². The third kappa shape index (κ3) is 2.86. The predicted octanol–water partition coefficient (Wildman–Crippen LogP) is 3.58. The van der Waals surface area contributed by atoms with Crippen molar-refractivity contribution >= 4 is 11.5 Å². The normalized spacial score (nSPS) is 19.6. The smallest absolute Gasteiger partial charge is 0.246 e. The molecule has 2 rings (SSSR count). The molecule has 0 aromatic heterocycles. The minimum Gasteiger partial charge on any atom is -0.345 e. The van der Waals surface area contributed by atoms with Crippen LogP contribution in [0.25, 0.3) is 5.57 Å². The van der Waals surface area contributed by atoms with E-state index in [0.717, 1.165) is 30.4 Å². The first-order valence-electron chi connectivity index (χ1n) is 6.74. The zero-order valence-electron chi connectivity index (χ0n) is 11.7. The maximum absolute atomic E-state index is 13.4. The van der Waals surface area contributed by atoms with Crippen LogP contribution in [0.1, 0.15) is 43.2 Å². The molecule has 3 heteroatoms. The van der Waals surface area contributed by atoms with Crippen LogP contribution in [0.2, 0.25) is 0 Å². The van der Waals surface area contributed by atoms with E-state index in [0.29, 0.717) is 5.92 Å². The van der Waals surface area contributed by atoms with Gasteiger partial charge in [-0.2, -0.15) is 0 Å². The van der Waals surface area contributed by atoms with Gasteiger partial charge in [0.2, 0.25) is 5.91 Å². The molecule has 0 bridgehead atoms. The van der Waals surface area contributed by atoms with Gasteiger partial charge in [-0.15, -0.1) is 0 Å². The van der Waals surface area contributed by atoms with Crippen LogP contribution in [-0.4, -0.2) is 24.9 Å². The van der Waals surface area contributed by atoms with E-state index < -0.39 is 0 Å². The van der Waals surface area contributed by atoms with E-state index in [-0.39, 0.29) is 11.7 Å². The summed E-state index contributed by atoms with van der Waals surface area (Å²) < 4.78 is 13.4. The number of rotatable bonds is 3. The third-order valence-electron chi connectivity index (χ3n) is 3.64. The SMILES string of the molecule is CCCC1C/C(=C/C(=O)N(C)C)c2cc(F)ccc21. The number of halogens is 1. The summed E-state index contributed by atoms with van der Waals surface area (Å²) in [6.07, 6.45) is 4.66. The van der Waals surface area contributed by atoms with E-state index in [2.05, 4.69) is 6.92 Å². The number of amides is 1. The van der Waals surface area contributed by atoms with Crippen LogP contribution in [0.3, 0.4) is 0 Å². The molecule has 0 saturated heterocycles. The second-order valence-corrected chi connectivity index (χ2v) is 5.32. The van der Waals surface area contributed by atoms with E-state index in [9.17, 15) is 9.18 Å². The highest BCUT2D eigenvalue weighted by Gasteiger charge is 2.26. The first kappa shape index (κ1) is 13.8. The number of carbonyl (C=O) groups is 1. The van der Waals surface area contributed by atoms with E-state index in [1.165, 1.54) is 11.6 Å². The Morgan fingerprint density at radius 1 is 1.47 bits per heavy atom. The van der Waals surface area contributed by atoms with Crippen LogP contribution in [-0.2, 0) is 4.79 Å². The van der Waals surface area contributed by atoms with Gasteiger partial charge in [0.25, 0.3) is 0 Å². The van der Waals surface area contributed by atoms with E-state index in [1.54, 1.807) is 31.1 Å². The number of allylic oxidation sites excluding steroid dienone is 1. The van der Waals surface area contributed by atoms with Crippen molar-refractivity contribution < 1.29 is 9.18 Å². The molecule has 0 spiro atoms. The Balaban J connectivity index is 2.39. The zero-order valence-corrected chi connectivity index (χ0v) is 11.7. The van der Waals surface area contributed by atoms with Gasteiger partial charge in [0.1, 0.15) is 5.82 Å². The fraction of sp³-hybridized carbons (Fsp3) is 0.438. The van der Waals surface area contributed by atoms with Gasteiger partial charge in [-0.1, -0.05) is 19.4 Å². The molecule has 102 valence electrons.